The number of anilines is 1. The summed E-state index contributed by atoms with van der Waals surface area (Å²) in [6, 6.07) is 0. The van der Waals surface area contributed by atoms with Gasteiger partial charge in [-0.05, 0) is 47.2 Å². The molecule has 6 heteroatoms. The summed E-state index contributed by atoms with van der Waals surface area (Å²) in [7, 11) is 1.65. The van der Waals surface area contributed by atoms with Crippen LogP contribution in [0.5, 0.6) is 0 Å². The molecule has 1 aromatic heterocycles. The predicted octanol–water partition coefficient (Wildman–Crippen LogP) is 2.32. The molecule has 0 aliphatic carbocycles. The van der Waals surface area contributed by atoms with Crippen molar-refractivity contribution in [3.8, 4) is 0 Å². The van der Waals surface area contributed by atoms with Crippen molar-refractivity contribution in [2.45, 2.75) is 26.7 Å². The van der Waals surface area contributed by atoms with E-state index in [4.69, 9.17) is 0 Å². The Bertz CT molecular complexity index is 521. The molecule has 1 saturated heterocycles. The molecule has 5 nitrogen and oxygen atoms in total. The minimum Gasteiger partial charge on any atom is -0.383 e. The summed E-state index contributed by atoms with van der Waals surface area (Å²) in [5.74, 6) is 1.61. The Hall–Kier alpha value is -0.880. The molecule has 1 N–H and O–H groups in total. The van der Waals surface area contributed by atoms with Crippen LogP contribution in [0.1, 0.15) is 26.7 Å². The molecule has 1 fully saturated rings. The second kappa shape index (κ2) is 7.40. The smallest absolute Gasteiger partial charge is 0.282 e. The third kappa shape index (κ3) is 4.54. The summed E-state index contributed by atoms with van der Waals surface area (Å²) in [6.45, 7) is 9.06. The fraction of sp³-hybridized carbons (Fsp3) is 0.733. The number of hydrogen-bond donors (Lipinski definition) is 1. The Morgan fingerprint density at radius 3 is 2.71 bits per heavy atom. The van der Waals surface area contributed by atoms with Gasteiger partial charge in [-0.25, -0.2) is 4.68 Å². The van der Waals surface area contributed by atoms with Gasteiger partial charge in [0.1, 0.15) is 4.47 Å². The van der Waals surface area contributed by atoms with Crippen LogP contribution < -0.4 is 10.9 Å². The number of aryl methyl sites for hydroxylation is 1. The van der Waals surface area contributed by atoms with Gasteiger partial charge in [0.2, 0.25) is 0 Å². The average Bonchev–Trinajstić information content (AvgIpc) is 2.42. The van der Waals surface area contributed by atoms with Crippen LogP contribution in [-0.2, 0) is 7.05 Å². The normalized spacial score (nSPS) is 23.2. The number of rotatable bonds is 5. The average molecular weight is 357 g/mol. The molecule has 2 heterocycles. The molecule has 1 aromatic rings. The summed E-state index contributed by atoms with van der Waals surface area (Å²) < 4.78 is 1.88. The molecule has 1 aliphatic heterocycles. The maximum atomic E-state index is 11.7. The van der Waals surface area contributed by atoms with Gasteiger partial charge in [0.25, 0.3) is 5.56 Å². The topological polar surface area (TPSA) is 50.2 Å². The molecule has 2 rings (SSSR count). The van der Waals surface area contributed by atoms with Crippen LogP contribution in [0.15, 0.2) is 15.5 Å². The standard InChI is InChI=1S/C15H25BrN4O/c1-11-7-12(2)10-20(9-11)6-4-5-17-13-8-18-19(3)15(21)14(13)16/h8,11-12,17H,4-7,9-10H2,1-3H3. The summed E-state index contributed by atoms with van der Waals surface area (Å²) in [5.41, 5.74) is 0.664. The van der Waals surface area contributed by atoms with Crippen molar-refractivity contribution in [1.29, 1.82) is 0 Å². The van der Waals surface area contributed by atoms with Gasteiger partial charge in [0, 0.05) is 26.7 Å². The lowest BCUT2D eigenvalue weighted by molar-refractivity contribution is 0.141. The highest BCUT2D eigenvalue weighted by atomic mass is 79.9. The number of nitrogens with zero attached hydrogens (tertiary/aromatic N) is 3. The second-order valence-corrected chi connectivity index (χ2v) is 7.08. The highest BCUT2D eigenvalue weighted by molar-refractivity contribution is 9.10. The predicted molar refractivity (Wildman–Crippen MR) is 89.7 cm³/mol. The SMILES string of the molecule is CC1CC(C)CN(CCCNc2cnn(C)c(=O)c2Br)C1. The van der Waals surface area contributed by atoms with Gasteiger partial charge in [-0.3, -0.25) is 4.79 Å². The Labute approximate surface area is 134 Å². The minimum atomic E-state index is -0.112. The zero-order valence-electron chi connectivity index (χ0n) is 13.1. The monoisotopic (exact) mass is 356 g/mol. The van der Waals surface area contributed by atoms with Crippen LogP contribution >= 0.6 is 15.9 Å². The summed E-state index contributed by atoms with van der Waals surface area (Å²) in [6.07, 6.45) is 4.11. The summed E-state index contributed by atoms with van der Waals surface area (Å²) in [5, 5.41) is 7.32. The van der Waals surface area contributed by atoms with Gasteiger partial charge in [-0.2, -0.15) is 5.10 Å². The molecule has 0 aromatic carbocycles. The first-order valence-corrected chi connectivity index (χ1v) is 8.44. The fourth-order valence-corrected chi connectivity index (χ4v) is 3.63. The van der Waals surface area contributed by atoms with Crippen molar-refractivity contribution in [3.05, 3.63) is 21.0 Å². The maximum Gasteiger partial charge on any atom is 0.282 e. The largest absolute Gasteiger partial charge is 0.383 e. The minimum absolute atomic E-state index is 0.112. The Kier molecular flexibility index (Phi) is 5.81. The van der Waals surface area contributed by atoms with Crippen molar-refractivity contribution in [2.24, 2.45) is 18.9 Å². The zero-order chi connectivity index (χ0) is 15.4. The van der Waals surface area contributed by atoms with Crippen LogP contribution in [0.2, 0.25) is 0 Å². The molecule has 0 radical (unpaired) electrons. The molecule has 2 atom stereocenters. The summed E-state index contributed by atoms with van der Waals surface area (Å²) >= 11 is 3.33. The quantitative estimate of drug-likeness (QED) is 0.822. The third-order valence-electron chi connectivity index (χ3n) is 3.99. The number of likely N-dealkylation sites (tertiary alicyclic amines) is 1. The lowest BCUT2D eigenvalue weighted by atomic mass is 9.92. The molecule has 0 bridgehead atoms. The van der Waals surface area contributed by atoms with E-state index in [0.29, 0.717) is 4.47 Å². The molecule has 21 heavy (non-hydrogen) atoms. The van der Waals surface area contributed by atoms with E-state index in [1.165, 1.54) is 24.2 Å². The van der Waals surface area contributed by atoms with Crippen molar-refractivity contribution >= 4 is 21.6 Å². The van der Waals surface area contributed by atoms with Crippen molar-refractivity contribution in [3.63, 3.8) is 0 Å². The highest BCUT2D eigenvalue weighted by Gasteiger charge is 2.20. The number of nitrogens with one attached hydrogen (secondary N) is 1. The van der Waals surface area contributed by atoms with E-state index in [1.807, 2.05) is 0 Å². The number of aromatic nitrogens is 2. The van der Waals surface area contributed by atoms with Gasteiger partial charge >= 0.3 is 0 Å². The van der Waals surface area contributed by atoms with Gasteiger partial charge in [-0.15, -0.1) is 0 Å². The lowest BCUT2D eigenvalue weighted by Gasteiger charge is -2.34. The second-order valence-electron chi connectivity index (χ2n) is 6.29. The number of halogens is 1. The van der Waals surface area contributed by atoms with Crippen molar-refractivity contribution in [2.75, 3.05) is 31.5 Å². The third-order valence-corrected chi connectivity index (χ3v) is 4.76. The fourth-order valence-electron chi connectivity index (χ4n) is 3.13. The Morgan fingerprint density at radius 2 is 2.05 bits per heavy atom. The first kappa shape index (κ1) is 16.5. The van der Waals surface area contributed by atoms with Crippen LogP contribution in [0.25, 0.3) is 0 Å². The van der Waals surface area contributed by atoms with Gasteiger partial charge in [0.05, 0.1) is 11.9 Å². The first-order chi connectivity index (χ1) is 9.97. The van der Waals surface area contributed by atoms with Gasteiger partial charge in [-0.1, -0.05) is 13.8 Å². The van der Waals surface area contributed by atoms with Crippen molar-refractivity contribution in [1.82, 2.24) is 14.7 Å². The van der Waals surface area contributed by atoms with Crippen LogP contribution in [0, 0.1) is 11.8 Å². The van der Waals surface area contributed by atoms with E-state index in [-0.39, 0.29) is 5.56 Å². The number of piperidine rings is 1. The summed E-state index contributed by atoms with van der Waals surface area (Å²) in [4.78, 5) is 14.3. The maximum absolute atomic E-state index is 11.7. The van der Waals surface area contributed by atoms with Crippen molar-refractivity contribution < 1.29 is 0 Å². The van der Waals surface area contributed by atoms with E-state index >= 15 is 0 Å². The number of hydrogen-bond acceptors (Lipinski definition) is 4. The molecule has 1 aliphatic rings. The molecule has 118 valence electrons. The molecule has 2 unspecified atom stereocenters. The molecular formula is C15H25BrN4O. The molecular weight excluding hydrogens is 332 g/mol. The van der Waals surface area contributed by atoms with E-state index in [0.717, 1.165) is 37.0 Å². The van der Waals surface area contributed by atoms with E-state index in [2.05, 4.69) is 45.1 Å². The highest BCUT2D eigenvalue weighted by Crippen LogP contribution is 2.21. The zero-order valence-corrected chi connectivity index (χ0v) is 14.7. The molecule has 0 saturated carbocycles. The van der Waals surface area contributed by atoms with Crippen LogP contribution in [-0.4, -0.2) is 40.9 Å². The van der Waals surface area contributed by atoms with Gasteiger partial charge < -0.3 is 10.2 Å². The van der Waals surface area contributed by atoms with E-state index in [9.17, 15) is 4.79 Å². The van der Waals surface area contributed by atoms with Crippen LogP contribution in [0.4, 0.5) is 5.69 Å². The van der Waals surface area contributed by atoms with Gasteiger partial charge in [0.15, 0.2) is 0 Å². The first-order valence-electron chi connectivity index (χ1n) is 7.65. The van der Waals surface area contributed by atoms with Crippen LogP contribution in [0.3, 0.4) is 0 Å². The molecule has 0 amide bonds. The Morgan fingerprint density at radius 1 is 1.38 bits per heavy atom. The Balaban J connectivity index is 1.77. The lowest BCUT2D eigenvalue weighted by Crippen LogP contribution is -2.39. The van der Waals surface area contributed by atoms with E-state index < -0.39 is 0 Å². The molecule has 0 spiro atoms. The van der Waals surface area contributed by atoms with E-state index in [1.54, 1.807) is 13.2 Å².